The van der Waals surface area contributed by atoms with Gasteiger partial charge in [-0.25, -0.2) is 0 Å². The number of hydrogen-bond acceptors (Lipinski definition) is 6. The fraction of sp³-hybridized carbons (Fsp3) is 0.909. The van der Waals surface area contributed by atoms with Crippen LogP contribution >= 0.6 is 12.2 Å². The van der Waals surface area contributed by atoms with Gasteiger partial charge in [0.05, 0.1) is 6.61 Å². The molecule has 0 aromatic heterocycles. The zero-order chi connectivity index (χ0) is 14.4. The fourth-order valence-electron chi connectivity index (χ4n) is 1.78. The number of ether oxygens (including phenoxy) is 1. The molecule has 0 bridgehead atoms. The topological polar surface area (TPSA) is 114 Å². The Bertz CT molecular complexity index is 292. The van der Waals surface area contributed by atoms with Gasteiger partial charge in [-0.3, -0.25) is 0 Å². The molecule has 0 aliphatic carbocycles. The largest absolute Gasteiger partial charge is 0.394 e. The van der Waals surface area contributed by atoms with Crippen LogP contribution in [0.4, 0.5) is 0 Å². The first kappa shape index (κ1) is 16.5. The maximum absolute atomic E-state index is 9.78. The monoisotopic (exact) mass is 294 g/mol. The predicted molar refractivity (Wildman–Crippen MR) is 72.4 cm³/mol. The molecular weight excluding hydrogens is 272 g/mol. The van der Waals surface area contributed by atoms with Crippen LogP contribution in [0.15, 0.2) is 0 Å². The van der Waals surface area contributed by atoms with E-state index in [1.54, 1.807) is 0 Å². The molecule has 1 fully saturated rings. The van der Waals surface area contributed by atoms with Gasteiger partial charge < -0.3 is 35.8 Å². The SMILES string of the molecule is CCCCNC(=S)N[C@@H]1O[C@H](CO)[C@H](O)[C@H](O)[C@H]1O. The molecule has 8 heteroatoms. The molecule has 1 saturated heterocycles. The molecule has 112 valence electrons. The lowest BCUT2D eigenvalue weighted by atomic mass is 9.98. The van der Waals surface area contributed by atoms with Crippen LogP contribution in [-0.4, -0.2) is 69.3 Å². The summed E-state index contributed by atoms with van der Waals surface area (Å²) in [6.45, 7) is 2.29. The third-order valence-electron chi connectivity index (χ3n) is 2.98. The number of thiocarbonyl (C=S) groups is 1. The quantitative estimate of drug-likeness (QED) is 0.256. The molecule has 0 unspecified atom stereocenters. The first-order valence-corrected chi connectivity index (χ1v) is 6.77. The Hall–Kier alpha value is -0.510. The van der Waals surface area contributed by atoms with Gasteiger partial charge in [0.1, 0.15) is 24.4 Å². The first-order chi connectivity index (χ1) is 9.01. The van der Waals surface area contributed by atoms with Gasteiger partial charge in [0.25, 0.3) is 0 Å². The van der Waals surface area contributed by atoms with Crippen molar-refractivity contribution in [3.63, 3.8) is 0 Å². The molecule has 0 spiro atoms. The van der Waals surface area contributed by atoms with Gasteiger partial charge in [-0.05, 0) is 18.6 Å². The van der Waals surface area contributed by atoms with Gasteiger partial charge in [0, 0.05) is 6.54 Å². The molecule has 1 aliphatic heterocycles. The Balaban J connectivity index is 2.49. The number of aliphatic hydroxyl groups excluding tert-OH is 4. The molecule has 0 saturated carbocycles. The highest BCUT2D eigenvalue weighted by atomic mass is 32.1. The van der Waals surface area contributed by atoms with Gasteiger partial charge in [-0.15, -0.1) is 0 Å². The number of unbranched alkanes of at least 4 members (excludes halogenated alkanes) is 1. The van der Waals surface area contributed by atoms with Gasteiger partial charge in [-0.1, -0.05) is 13.3 Å². The van der Waals surface area contributed by atoms with Crippen LogP contribution in [0.1, 0.15) is 19.8 Å². The van der Waals surface area contributed by atoms with Crippen molar-refractivity contribution in [2.45, 2.75) is 50.4 Å². The third-order valence-corrected chi connectivity index (χ3v) is 3.24. The summed E-state index contributed by atoms with van der Waals surface area (Å²) in [6, 6.07) is 0. The molecule has 0 aromatic rings. The summed E-state index contributed by atoms with van der Waals surface area (Å²) >= 11 is 5.02. The molecule has 6 N–H and O–H groups in total. The number of rotatable bonds is 5. The second-order valence-electron chi connectivity index (χ2n) is 4.50. The second-order valence-corrected chi connectivity index (χ2v) is 4.91. The molecular formula is C11H22N2O5S. The average Bonchev–Trinajstić information content (AvgIpc) is 2.39. The highest BCUT2D eigenvalue weighted by molar-refractivity contribution is 7.80. The van der Waals surface area contributed by atoms with Crippen molar-refractivity contribution in [3.8, 4) is 0 Å². The minimum absolute atomic E-state index is 0.290. The molecule has 0 amide bonds. The molecule has 19 heavy (non-hydrogen) atoms. The van der Waals surface area contributed by atoms with E-state index in [9.17, 15) is 15.3 Å². The van der Waals surface area contributed by atoms with Crippen LogP contribution in [0, 0.1) is 0 Å². The molecule has 1 heterocycles. The van der Waals surface area contributed by atoms with Gasteiger partial charge in [0.2, 0.25) is 0 Å². The predicted octanol–water partition coefficient (Wildman–Crippen LogP) is -1.95. The van der Waals surface area contributed by atoms with Crippen molar-refractivity contribution in [2.75, 3.05) is 13.2 Å². The minimum atomic E-state index is -1.40. The van der Waals surface area contributed by atoms with Crippen LogP contribution in [0.3, 0.4) is 0 Å². The minimum Gasteiger partial charge on any atom is -0.394 e. The third kappa shape index (κ3) is 4.51. The maximum atomic E-state index is 9.78. The van der Waals surface area contributed by atoms with E-state index < -0.39 is 37.3 Å². The van der Waals surface area contributed by atoms with E-state index in [0.717, 1.165) is 12.8 Å². The van der Waals surface area contributed by atoms with Gasteiger partial charge >= 0.3 is 0 Å². The smallest absolute Gasteiger partial charge is 0.168 e. The Morgan fingerprint density at radius 2 is 1.89 bits per heavy atom. The van der Waals surface area contributed by atoms with E-state index in [1.807, 2.05) is 0 Å². The van der Waals surface area contributed by atoms with Crippen LogP contribution in [0.2, 0.25) is 0 Å². The van der Waals surface area contributed by atoms with Crippen molar-refractivity contribution in [2.24, 2.45) is 0 Å². The summed E-state index contributed by atoms with van der Waals surface area (Å²) in [5.41, 5.74) is 0. The zero-order valence-electron chi connectivity index (χ0n) is 10.8. The normalized spacial score (nSPS) is 34.9. The fourth-order valence-corrected chi connectivity index (χ4v) is 2.00. The van der Waals surface area contributed by atoms with Crippen LogP contribution in [0.25, 0.3) is 0 Å². The number of aliphatic hydroxyl groups is 4. The lowest BCUT2D eigenvalue weighted by Gasteiger charge is -2.40. The lowest BCUT2D eigenvalue weighted by molar-refractivity contribution is -0.232. The number of nitrogens with one attached hydrogen (secondary N) is 2. The highest BCUT2D eigenvalue weighted by Gasteiger charge is 2.43. The van der Waals surface area contributed by atoms with Crippen molar-refractivity contribution >= 4 is 17.3 Å². The van der Waals surface area contributed by atoms with E-state index in [4.69, 9.17) is 22.1 Å². The molecule has 7 nitrogen and oxygen atoms in total. The van der Waals surface area contributed by atoms with E-state index in [2.05, 4.69) is 17.6 Å². The number of hydrogen-bond donors (Lipinski definition) is 6. The Morgan fingerprint density at radius 1 is 1.21 bits per heavy atom. The Morgan fingerprint density at radius 3 is 2.47 bits per heavy atom. The van der Waals surface area contributed by atoms with Crippen molar-refractivity contribution in [3.05, 3.63) is 0 Å². The van der Waals surface area contributed by atoms with Gasteiger partial charge in [-0.2, -0.15) is 0 Å². The van der Waals surface area contributed by atoms with E-state index in [-0.39, 0.29) is 5.11 Å². The summed E-state index contributed by atoms with van der Waals surface area (Å²) in [5.74, 6) is 0. The van der Waals surface area contributed by atoms with Crippen molar-refractivity contribution < 1.29 is 25.2 Å². The summed E-state index contributed by atoms with van der Waals surface area (Å²) in [5, 5.41) is 44.0. The van der Waals surface area contributed by atoms with Crippen molar-refractivity contribution in [1.29, 1.82) is 0 Å². The van der Waals surface area contributed by atoms with E-state index >= 15 is 0 Å². The molecule has 0 aromatic carbocycles. The summed E-state index contributed by atoms with van der Waals surface area (Å²) in [6.07, 6.45) is -4.02. The van der Waals surface area contributed by atoms with Crippen LogP contribution in [-0.2, 0) is 4.74 Å². The average molecular weight is 294 g/mol. The molecule has 0 radical (unpaired) electrons. The maximum Gasteiger partial charge on any atom is 0.168 e. The summed E-state index contributed by atoms with van der Waals surface area (Å²) in [4.78, 5) is 0. The van der Waals surface area contributed by atoms with Crippen LogP contribution in [0.5, 0.6) is 0 Å². The molecule has 1 rings (SSSR count). The second kappa shape index (κ2) is 7.93. The highest BCUT2D eigenvalue weighted by Crippen LogP contribution is 2.19. The summed E-state index contributed by atoms with van der Waals surface area (Å²) < 4.78 is 5.26. The molecule has 1 aliphatic rings. The standard InChI is InChI=1S/C11H22N2O5S/c1-2-3-4-12-11(19)13-10-9(17)8(16)7(15)6(5-14)18-10/h6-10,14-17H,2-5H2,1H3,(H2,12,13,19)/t6-,7+,8+,9-,10-/m1/s1. The lowest BCUT2D eigenvalue weighted by Crippen LogP contribution is -2.64. The van der Waals surface area contributed by atoms with Gasteiger partial charge in [0.15, 0.2) is 11.3 Å². The van der Waals surface area contributed by atoms with E-state index in [1.165, 1.54) is 0 Å². The van der Waals surface area contributed by atoms with Crippen LogP contribution < -0.4 is 10.6 Å². The molecule has 5 atom stereocenters. The van der Waals surface area contributed by atoms with Crippen molar-refractivity contribution in [1.82, 2.24) is 10.6 Å². The van der Waals surface area contributed by atoms with E-state index in [0.29, 0.717) is 6.54 Å². The zero-order valence-corrected chi connectivity index (χ0v) is 11.6. The first-order valence-electron chi connectivity index (χ1n) is 6.36. The Labute approximate surface area is 117 Å². The Kier molecular flexibility index (Phi) is 6.90. The summed E-state index contributed by atoms with van der Waals surface area (Å²) in [7, 11) is 0.